The third kappa shape index (κ3) is 3.35. The van der Waals surface area contributed by atoms with Gasteiger partial charge in [0.1, 0.15) is 41.1 Å². The fourth-order valence-electron chi connectivity index (χ4n) is 4.02. The summed E-state index contributed by atoms with van der Waals surface area (Å²) in [6, 6.07) is 5.44. The van der Waals surface area contributed by atoms with Gasteiger partial charge in [-0.1, -0.05) is 0 Å². The normalized spacial score (nSPS) is 26.6. The molecule has 0 spiro atoms. The molecule has 3 heterocycles. The Labute approximate surface area is 183 Å². The molecule has 12 nitrogen and oxygen atoms in total. The summed E-state index contributed by atoms with van der Waals surface area (Å²) in [7, 11) is 0. The van der Waals surface area contributed by atoms with Crippen LogP contribution in [0.1, 0.15) is 10.4 Å². The van der Waals surface area contributed by atoms with Gasteiger partial charge < -0.3 is 48.9 Å². The molecule has 5 rings (SSSR count). The van der Waals surface area contributed by atoms with E-state index in [9.17, 15) is 35.1 Å². The standard InChI is InChI=1S/C21H18O12/c22-5-12-15(23)16(24)17(25)21(33-12)31-7-3-9(19(26)27)13-8-1-2-10-18(30-6-29-10)14(8)20(28)32-11(13)4-7/h1-4,12,15-17,21-25H,5-6H2,(H,26,27)/t12-,15-,16+,17-,21-/m1/s1. The maximum absolute atomic E-state index is 12.7. The van der Waals surface area contributed by atoms with Crippen LogP contribution in [0.4, 0.5) is 0 Å². The predicted molar refractivity (Wildman–Crippen MR) is 107 cm³/mol. The van der Waals surface area contributed by atoms with Gasteiger partial charge in [0.25, 0.3) is 0 Å². The lowest BCUT2D eigenvalue weighted by molar-refractivity contribution is -0.277. The van der Waals surface area contributed by atoms with Crippen molar-refractivity contribution in [2.24, 2.45) is 0 Å². The van der Waals surface area contributed by atoms with Gasteiger partial charge in [0.15, 0.2) is 11.5 Å². The lowest BCUT2D eigenvalue weighted by Crippen LogP contribution is -2.60. The molecule has 3 aromatic rings. The summed E-state index contributed by atoms with van der Waals surface area (Å²) < 4.78 is 26.8. The smallest absolute Gasteiger partial charge is 0.348 e. The highest BCUT2D eigenvalue weighted by atomic mass is 16.7. The van der Waals surface area contributed by atoms with Crippen molar-refractivity contribution < 1.29 is 53.7 Å². The zero-order chi connectivity index (χ0) is 23.4. The van der Waals surface area contributed by atoms with Gasteiger partial charge in [0.2, 0.25) is 13.1 Å². The van der Waals surface area contributed by atoms with Crippen LogP contribution in [0, 0.1) is 0 Å². The Morgan fingerprint density at radius 3 is 2.58 bits per heavy atom. The minimum absolute atomic E-state index is 0.0302. The Morgan fingerprint density at radius 2 is 1.85 bits per heavy atom. The largest absolute Gasteiger partial charge is 0.478 e. The van der Waals surface area contributed by atoms with Crippen molar-refractivity contribution in [1.29, 1.82) is 0 Å². The van der Waals surface area contributed by atoms with E-state index in [1.807, 2.05) is 0 Å². The number of fused-ring (bicyclic) bond motifs is 5. The molecule has 0 radical (unpaired) electrons. The number of aromatic carboxylic acids is 1. The summed E-state index contributed by atoms with van der Waals surface area (Å²) >= 11 is 0. The first-order valence-corrected chi connectivity index (χ1v) is 9.83. The molecular formula is C21H18O12. The number of hydrogen-bond donors (Lipinski definition) is 5. The highest BCUT2D eigenvalue weighted by Gasteiger charge is 2.44. The van der Waals surface area contributed by atoms with Crippen LogP contribution in [0.5, 0.6) is 17.2 Å². The zero-order valence-electron chi connectivity index (χ0n) is 16.7. The van der Waals surface area contributed by atoms with Crippen molar-refractivity contribution in [3.8, 4) is 17.2 Å². The van der Waals surface area contributed by atoms with E-state index < -0.39 is 48.9 Å². The van der Waals surface area contributed by atoms with Gasteiger partial charge in [-0.2, -0.15) is 0 Å². The molecule has 0 aliphatic carbocycles. The Bertz CT molecular complexity index is 1310. The van der Waals surface area contributed by atoms with Crippen LogP contribution >= 0.6 is 0 Å². The van der Waals surface area contributed by atoms with Crippen molar-refractivity contribution in [2.45, 2.75) is 30.7 Å². The van der Waals surface area contributed by atoms with E-state index >= 15 is 0 Å². The SMILES string of the molecule is O=C(O)c1cc(O[C@@H]2O[C@H](CO)[C@@H](O)[C@H](O)[C@H]2O)cc2oc(=O)c3c4c(ccc3c12)OCO4. The number of hydrogen-bond acceptors (Lipinski definition) is 11. The number of aliphatic hydroxyl groups is 4. The van der Waals surface area contributed by atoms with Gasteiger partial charge >= 0.3 is 11.6 Å². The van der Waals surface area contributed by atoms with Crippen molar-refractivity contribution in [2.75, 3.05) is 13.4 Å². The second-order valence-corrected chi connectivity index (χ2v) is 7.58. The highest BCUT2D eigenvalue weighted by Crippen LogP contribution is 2.41. The Kier molecular flexibility index (Phi) is 5.11. The minimum atomic E-state index is -1.71. The van der Waals surface area contributed by atoms with Crippen LogP contribution in [-0.4, -0.2) is 75.6 Å². The fourth-order valence-corrected chi connectivity index (χ4v) is 4.02. The molecule has 33 heavy (non-hydrogen) atoms. The molecule has 5 N–H and O–H groups in total. The van der Waals surface area contributed by atoms with E-state index in [1.54, 1.807) is 6.07 Å². The molecule has 0 unspecified atom stereocenters. The third-order valence-corrected chi connectivity index (χ3v) is 5.62. The van der Waals surface area contributed by atoms with Gasteiger partial charge in [-0.05, 0) is 18.2 Å². The first-order valence-electron chi connectivity index (χ1n) is 9.83. The van der Waals surface area contributed by atoms with Crippen LogP contribution in [-0.2, 0) is 4.74 Å². The maximum Gasteiger partial charge on any atom is 0.348 e. The summed E-state index contributed by atoms with van der Waals surface area (Å²) in [6.07, 6.45) is -7.77. The Morgan fingerprint density at radius 1 is 1.06 bits per heavy atom. The summed E-state index contributed by atoms with van der Waals surface area (Å²) in [5.41, 5.74) is -1.19. The van der Waals surface area contributed by atoms with Gasteiger partial charge in [-0.25, -0.2) is 9.59 Å². The van der Waals surface area contributed by atoms with Crippen molar-refractivity contribution in [1.82, 2.24) is 0 Å². The van der Waals surface area contributed by atoms with E-state index in [4.69, 9.17) is 23.4 Å². The molecule has 2 aliphatic rings. The number of carboxylic acid groups (broad SMARTS) is 1. The summed E-state index contributed by atoms with van der Waals surface area (Å²) in [5, 5.41) is 49.6. The van der Waals surface area contributed by atoms with E-state index in [-0.39, 0.29) is 45.6 Å². The number of rotatable bonds is 4. The molecule has 1 saturated heterocycles. The van der Waals surface area contributed by atoms with Crippen molar-refractivity contribution in [3.63, 3.8) is 0 Å². The predicted octanol–water partition coefficient (Wildman–Crippen LogP) is -0.448. The average Bonchev–Trinajstić information content (AvgIpc) is 3.27. The summed E-state index contributed by atoms with van der Waals surface area (Å²) in [5.74, 6) is -1.03. The van der Waals surface area contributed by atoms with Crippen LogP contribution in [0.25, 0.3) is 21.7 Å². The molecule has 2 aromatic carbocycles. The van der Waals surface area contributed by atoms with Crippen LogP contribution in [0.15, 0.2) is 33.5 Å². The first kappa shape index (κ1) is 21.4. The quantitative estimate of drug-likeness (QED) is 0.249. The molecule has 12 heteroatoms. The second kappa shape index (κ2) is 7.86. The fraction of sp³-hybridized carbons (Fsp3) is 0.333. The first-order chi connectivity index (χ1) is 15.8. The molecule has 1 fully saturated rings. The monoisotopic (exact) mass is 462 g/mol. The lowest BCUT2D eigenvalue weighted by Gasteiger charge is -2.39. The van der Waals surface area contributed by atoms with E-state index in [0.29, 0.717) is 5.75 Å². The maximum atomic E-state index is 12.7. The molecule has 1 aromatic heterocycles. The topological polar surface area (TPSA) is 185 Å². The molecular weight excluding hydrogens is 444 g/mol. The number of carboxylic acids is 1. The summed E-state index contributed by atoms with van der Waals surface area (Å²) in [4.78, 5) is 24.8. The average molecular weight is 462 g/mol. The van der Waals surface area contributed by atoms with E-state index in [1.165, 1.54) is 12.1 Å². The Balaban J connectivity index is 1.64. The van der Waals surface area contributed by atoms with Crippen LogP contribution in [0.2, 0.25) is 0 Å². The Hall–Kier alpha value is -3.42. The van der Waals surface area contributed by atoms with Gasteiger partial charge in [0.05, 0.1) is 12.2 Å². The van der Waals surface area contributed by atoms with Crippen molar-refractivity contribution in [3.05, 3.63) is 40.2 Å². The van der Waals surface area contributed by atoms with Crippen LogP contribution in [0.3, 0.4) is 0 Å². The zero-order valence-corrected chi connectivity index (χ0v) is 16.7. The molecule has 2 aliphatic heterocycles. The number of aliphatic hydroxyl groups excluding tert-OH is 4. The van der Waals surface area contributed by atoms with Crippen LogP contribution < -0.4 is 19.8 Å². The minimum Gasteiger partial charge on any atom is -0.478 e. The number of carbonyl (C=O) groups is 1. The molecule has 0 amide bonds. The van der Waals surface area contributed by atoms with Gasteiger partial charge in [-0.15, -0.1) is 0 Å². The summed E-state index contributed by atoms with van der Waals surface area (Å²) in [6.45, 7) is -0.760. The van der Waals surface area contributed by atoms with Crippen molar-refractivity contribution >= 4 is 27.7 Å². The highest BCUT2D eigenvalue weighted by molar-refractivity contribution is 6.16. The molecule has 5 atom stereocenters. The lowest BCUT2D eigenvalue weighted by atomic mass is 9.99. The molecule has 0 bridgehead atoms. The van der Waals surface area contributed by atoms with E-state index in [2.05, 4.69) is 0 Å². The van der Waals surface area contributed by atoms with Gasteiger partial charge in [0, 0.05) is 16.8 Å². The number of ether oxygens (including phenoxy) is 4. The van der Waals surface area contributed by atoms with E-state index in [0.717, 1.165) is 6.07 Å². The number of benzene rings is 2. The molecule has 0 saturated carbocycles. The van der Waals surface area contributed by atoms with Gasteiger partial charge in [-0.3, -0.25) is 0 Å². The third-order valence-electron chi connectivity index (χ3n) is 5.62. The second-order valence-electron chi connectivity index (χ2n) is 7.58. The molecule has 174 valence electrons.